The Bertz CT molecular complexity index is 1060. The number of rotatable bonds is 7. The molecule has 0 aliphatic heterocycles. The number of benzene rings is 2. The van der Waals surface area contributed by atoms with E-state index in [1.165, 1.54) is 21.6 Å². The average Bonchev–Trinajstić information content (AvgIpc) is 2.99. The highest BCUT2D eigenvalue weighted by atomic mass is 32.1. The summed E-state index contributed by atoms with van der Waals surface area (Å²) < 4.78 is 6.04. The molecule has 0 fully saturated rings. The Morgan fingerprint density at radius 1 is 1.00 bits per heavy atom. The number of hydrogen-bond donors (Lipinski definition) is 1. The summed E-state index contributed by atoms with van der Waals surface area (Å²) in [5.74, 6) is 0.00412. The maximum Gasteiger partial charge on any atom is 0.303 e. The lowest BCUT2D eigenvalue weighted by atomic mass is 9.98. The van der Waals surface area contributed by atoms with Gasteiger partial charge in [-0.3, -0.25) is 4.79 Å². The van der Waals surface area contributed by atoms with Crippen LogP contribution in [0.25, 0.3) is 23.3 Å². The van der Waals surface area contributed by atoms with Crippen LogP contribution in [0.4, 0.5) is 0 Å². The molecular formula is C25H22O3S. The first-order valence-corrected chi connectivity index (χ1v) is 10.5. The molecule has 0 saturated heterocycles. The molecule has 29 heavy (non-hydrogen) atoms. The molecule has 0 amide bonds. The minimum Gasteiger partial charge on any atom is -0.489 e. The molecule has 1 aliphatic carbocycles. The summed E-state index contributed by atoms with van der Waals surface area (Å²) in [6.07, 6.45) is 10.4. The second kappa shape index (κ2) is 8.93. The molecule has 0 spiro atoms. The van der Waals surface area contributed by atoms with E-state index in [4.69, 9.17) is 9.84 Å². The zero-order valence-electron chi connectivity index (χ0n) is 16.0. The first-order chi connectivity index (χ1) is 14.2. The minimum absolute atomic E-state index is 0.141. The van der Waals surface area contributed by atoms with Gasteiger partial charge in [-0.05, 0) is 58.7 Å². The second-order valence-electron chi connectivity index (χ2n) is 6.95. The van der Waals surface area contributed by atoms with Crippen molar-refractivity contribution in [2.45, 2.75) is 25.9 Å². The number of allylic oxidation sites excluding steroid dienone is 2. The lowest BCUT2D eigenvalue weighted by molar-refractivity contribution is -0.136. The van der Waals surface area contributed by atoms with Gasteiger partial charge in [0.25, 0.3) is 0 Å². The molecule has 3 nitrogen and oxygen atoms in total. The van der Waals surface area contributed by atoms with E-state index in [1.54, 1.807) is 11.3 Å². The van der Waals surface area contributed by atoms with Crippen molar-refractivity contribution in [1.29, 1.82) is 0 Å². The molecular weight excluding hydrogens is 380 g/mol. The number of aliphatic carboxylic acids is 1. The second-order valence-corrected chi connectivity index (χ2v) is 7.86. The van der Waals surface area contributed by atoms with Crippen LogP contribution in [0.15, 0.2) is 66.1 Å². The van der Waals surface area contributed by atoms with Gasteiger partial charge in [-0.1, -0.05) is 54.6 Å². The molecule has 1 aromatic heterocycles. The molecule has 146 valence electrons. The third kappa shape index (κ3) is 4.66. The zero-order chi connectivity index (χ0) is 20.1. The lowest BCUT2D eigenvalue weighted by Gasteiger charge is -2.12. The van der Waals surface area contributed by atoms with Crippen LogP contribution in [-0.4, -0.2) is 11.1 Å². The van der Waals surface area contributed by atoms with Gasteiger partial charge in [0.1, 0.15) is 12.4 Å². The highest BCUT2D eigenvalue weighted by Crippen LogP contribution is 2.36. The molecule has 0 radical (unpaired) electrons. The Kier molecular flexibility index (Phi) is 5.92. The first-order valence-electron chi connectivity index (χ1n) is 9.67. The SMILES string of the molecule is O=C(O)CCc1ccc(OCc2ccccc2-c2csc3c2C=CCC=C3)cc1. The summed E-state index contributed by atoms with van der Waals surface area (Å²) in [4.78, 5) is 12.0. The van der Waals surface area contributed by atoms with E-state index in [0.29, 0.717) is 13.0 Å². The summed E-state index contributed by atoms with van der Waals surface area (Å²) in [6, 6.07) is 16.0. The van der Waals surface area contributed by atoms with Crippen molar-refractivity contribution in [3.63, 3.8) is 0 Å². The summed E-state index contributed by atoms with van der Waals surface area (Å²) in [5, 5.41) is 11.0. The van der Waals surface area contributed by atoms with E-state index in [1.807, 2.05) is 30.3 Å². The molecule has 4 heteroatoms. The molecule has 0 saturated carbocycles. The maximum absolute atomic E-state index is 10.7. The molecule has 0 atom stereocenters. The number of carboxylic acid groups (broad SMARTS) is 1. The topological polar surface area (TPSA) is 46.5 Å². The quantitative estimate of drug-likeness (QED) is 0.494. The zero-order valence-corrected chi connectivity index (χ0v) is 16.8. The predicted octanol–water partition coefficient (Wildman–Crippen LogP) is 6.44. The van der Waals surface area contributed by atoms with Gasteiger partial charge in [-0.25, -0.2) is 0 Å². The van der Waals surface area contributed by atoms with Crippen LogP contribution < -0.4 is 4.74 Å². The Labute approximate surface area is 174 Å². The van der Waals surface area contributed by atoms with Gasteiger partial charge >= 0.3 is 5.97 Å². The fraction of sp³-hybridized carbons (Fsp3) is 0.160. The highest BCUT2D eigenvalue weighted by Gasteiger charge is 2.14. The van der Waals surface area contributed by atoms with Crippen molar-refractivity contribution in [2.75, 3.05) is 0 Å². The Morgan fingerprint density at radius 3 is 2.62 bits per heavy atom. The predicted molar refractivity (Wildman–Crippen MR) is 119 cm³/mol. The average molecular weight is 403 g/mol. The molecule has 3 aromatic rings. The Hall–Kier alpha value is -3.11. The molecule has 0 unspecified atom stereocenters. The van der Waals surface area contributed by atoms with Gasteiger partial charge in [-0.15, -0.1) is 11.3 Å². The maximum atomic E-state index is 10.7. The van der Waals surface area contributed by atoms with Crippen LogP contribution in [0.1, 0.15) is 34.4 Å². The van der Waals surface area contributed by atoms with Gasteiger partial charge in [0.2, 0.25) is 0 Å². The van der Waals surface area contributed by atoms with Crippen LogP contribution >= 0.6 is 11.3 Å². The van der Waals surface area contributed by atoms with Crippen molar-refractivity contribution in [3.8, 4) is 16.9 Å². The summed E-state index contributed by atoms with van der Waals surface area (Å²) >= 11 is 1.77. The van der Waals surface area contributed by atoms with Crippen LogP contribution in [0.5, 0.6) is 5.75 Å². The van der Waals surface area contributed by atoms with E-state index in [9.17, 15) is 4.79 Å². The number of hydrogen-bond acceptors (Lipinski definition) is 3. The van der Waals surface area contributed by atoms with Gasteiger partial charge < -0.3 is 9.84 Å². The molecule has 4 rings (SSSR count). The minimum atomic E-state index is -0.779. The smallest absolute Gasteiger partial charge is 0.303 e. The van der Waals surface area contributed by atoms with E-state index in [-0.39, 0.29) is 6.42 Å². The summed E-state index contributed by atoms with van der Waals surface area (Å²) in [6.45, 7) is 0.481. The van der Waals surface area contributed by atoms with Crippen molar-refractivity contribution in [3.05, 3.63) is 87.6 Å². The molecule has 1 heterocycles. The molecule has 2 aromatic carbocycles. The molecule has 1 aliphatic rings. The van der Waals surface area contributed by atoms with E-state index in [0.717, 1.165) is 23.3 Å². The summed E-state index contributed by atoms with van der Waals surface area (Å²) in [5.41, 5.74) is 5.86. The third-order valence-corrected chi connectivity index (χ3v) is 5.90. The first kappa shape index (κ1) is 19.2. The van der Waals surface area contributed by atoms with Gasteiger partial charge in [-0.2, -0.15) is 0 Å². The third-order valence-electron chi connectivity index (χ3n) is 4.94. The number of thiophene rings is 1. The molecule has 0 bridgehead atoms. The lowest BCUT2D eigenvalue weighted by Crippen LogP contribution is -1.99. The van der Waals surface area contributed by atoms with Crippen LogP contribution in [0.3, 0.4) is 0 Å². The molecule has 1 N–H and O–H groups in total. The van der Waals surface area contributed by atoms with Crippen molar-refractivity contribution >= 4 is 29.5 Å². The standard InChI is InChI=1S/C25H22O3S/c26-25(27)15-12-18-10-13-20(14-11-18)28-16-19-6-4-5-7-21(19)23-17-29-24-9-3-1-2-8-22(23)24/h2-11,13-14,17H,1,12,15-16H2,(H,26,27). The van der Waals surface area contributed by atoms with Crippen molar-refractivity contribution < 1.29 is 14.6 Å². The highest BCUT2D eigenvalue weighted by molar-refractivity contribution is 7.11. The largest absolute Gasteiger partial charge is 0.489 e. The summed E-state index contributed by atoms with van der Waals surface area (Å²) in [7, 11) is 0. The van der Waals surface area contributed by atoms with Crippen LogP contribution in [-0.2, 0) is 17.8 Å². The fourth-order valence-corrected chi connectivity index (χ4v) is 4.38. The fourth-order valence-electron chi connectivity index (χ4n) is 3.40. The van der Waals surface area contributed by atoms with Crippen molar-refractivity contribution in [1.82, 2.24) is 0 Å². The van der Waals surface area contributed by atoms with Gasteiger partial charge in [0.05, 0.1) is 0 Å². The normalized spacial score (nSPS) is 12.4. The number of ether oxygens (including phenoxy) is 1. The Balaban J connectivity index is 1.51. The number of aryl methyl sites for hydroxylation is 1. The van der Waals surface area contributed by atoms with Gasteiger partial charge in [0, 0.05) is 16.9 Å². The van der Waals surface area contributed by atoms with E-state index >= 15 is 0 Å². The van der Waals surface area contributed by atoms with E-state index in [2.05, 4.69) is 47.9 Å². The monoisotopic (exact) mass is 402 g/mol. The van der Waals surface area contributed by atoms with E-state index < -0.39 is 5.97 Å². The number of carboxylic acids is 1. The van der Waals surface area contributed by atoms with Gasteiger partial charge in [0.15, 0.2) is 0 Å². The van der Waals surface area contributed by atoms with Crippen LogP contribution in [0, 0.1) is 0 Å². The number of carbonyl (C=O) groups is 1. The Morgan fingerprint density at radius 2 is 1.79 bits per heavy atom. The van der Waals surface area contributed by atoms with Crippen molar-refractivity contribution in [2.24, 2.45) is 0 Å². The number of fused-ring (bicyclic) bond motifs is 1. The van der Waals surface area contributed by atoms with Crippen LogP contribution in [0.2, 0.25) is 0 Å².